The third-order valence-corrected chi connectivity index (χ3v) is 4.20. The van der Waals surface area contributed by atoms with Crippen molar-refractivity contribution < 1.29 is 9.59 Å². The summed E-state index contributed by atoms with van der Waals surface area (Å²) in [5, 5.41) is 0. The van der Waals surface area contributed by atoms with Crippen molar-refractivity contribution in [3.05, 3.63) is 75.4 Å². The second-order valence-corrected chi connectivity index (χ2v) is 6.10. The van der Waals surface area contributed by atoms with E-state index < -0.39 is 0 Å². The monoisotopic (exact) mass is 389 g/mol. The predicted octanol–water partition coefficient (Wildman–Crippen LogP) is 3.60. The van der Waals surface area contributed by atoms with Crippen LogP contribution in [0.15, 0.2) is 55.1 Å². The third kappa shape index (κ3) is 2.51. The topological polar surface area (TPSA) is 37.4 Å². The van der Waals surface area contributed by atoms with Crippen LogP contribution in [0.3, 0.4) is 0 Å². The number of hydrogen-bond donors (Lipinski definition) is 0. The number of nitrogens with zero attached hydrogens (tertiary/aromatic N) is 1. The van der Waals surface area contributed by atoms with Crippen LogP contribution < -0.4 is 0 Å². The van der Waals surface area contributed by atoms with Gasteiger partial charge in [0.15, 0.2) is 0 Å². The average Bonchev–Trinajstić information content (AvgIpc) is 2.73. The van der Waals surface area contributed by atoms with Crippen LogP contribution in [0.5, 0.6) is 0 Å². The second kappa shape index (κ2) is 5.44. The van der Waals surface area contributed by atoms with Gasteiger partial charge in [-0.2, -0.15) is 0 Å². The zero-order chi connectivity index (χ0) is 15.0. The maximum Gasteiger partial charge on any atom is 0.261 e. The molecule has 104 valence electrons. The Morgan fingerprint density at radius 1 is 0.952 bits per heavy atom. The van der Waals surface area contributed by atoms with Crippen molar-refractivity contribution in [1.82, 2.24) is 4.90 Å². The molecule has 2 aromatic rings. The van der Waals surface area contributed by atoms with Crippen molar-refractivity contribution in [2.45, 2.75) is 0 Å². The minimum atomic E-state index is -0.248. The molecule has 1 aliphatic heterocycles. The van der Waals surface area contributed by atoms with Crippen molar-refractivity contribution in [3.63, 3.8) is 0 Å². The molecule has 3 nitrogen and oxygen atoms in total. The number of rotatable bonds is 3. The molecule has 1 heterocycles. The van der Waals surface area contributed by atoms with Crippen LogP contribution >= 0.6 is 22.6 Å². The largest absolute Gasteiger partial charge is 0.270 e. The van der Waals surface area contributed by atoms with E-state index in [9.17, 15) is 9.59 Å². The maximum atomic E-state index is 12.3. The van der Waals surface area contributed by atoms with Crippen molar-refractivity contribution in [3.8, 4) is 0 Å². The van der Waals surface area contributed by atoms with E-state index in [1.165, 1.54) is 4.90 Å². The van der Waals surface area contributed by atoms with Gasteiger partial charge in [-0.1, -0.05) is 30.8 Å². The fourth-order valence-electron chi connectivity index (χ4n) is 2.35. The van der Waals surface area contributed by atoms with Gasteiger partial charge >= 0.3 is 0 Å². The molecule has 0 saturated carbocycles. The van der Waals surface area contributed by atoms with E-state index in [4.69, 9.17) is 0 Å². The van der Waals surface area contributed by atoms with E-state index >= 15 is 0 Å². The van der Waals surface area contributed by atoms with Crippen LogP contribution in [0.2, 0.25) is 0 Å². The molecule has 21 heavy (non-hydrogen) atoms. The summed E-state index contributed by atoms with van der Waals surface area (Å²) >= 11 is 2.23. The summed E-state index contributed by atoms with van der Waals surface area (Å²) in [4.78, 5) is 25.8. The summed E-state index contributed by atoms with van der Waals surface area (Å²) in [6.07, 6.45) is 0. The van der Waals surface area contributed by atoms with Gasteiger partial charge < -0.3 is 0 Å². The van der Waals surface area contributed by atoms with E-state index in [2.05, 4.69) is 29.2 Å². The molecule has 2 aromatic carbocycles. The third-order valence-electron chi connectivity index (χ3n) is 3.48. The Morgan fingerprint density at radius 3 is 2.00 bits per heavy atom. The molecule has 0 unspecified atom stereocenters. The lowest BCUT2D eigenvalue weighted by atomic mass is 10.1. The highest BCUT2D eigenvalue weighted by atomic mass is 127. The molecule has 0 bridgehead atoms. The lowest BCUT2D eigenvalue weighted by Crippen LogP contribution is -2.31. The predicted molar refractivity (Wildman–Crippen MR) is 90.0 cm³/mol. The zero-order valence-corrected chi connectivity index (χ0v) is 13.3. The first-order chi connectivity index (χ1) is 10.1. The fourth-order valence-corrected chi connectivity index (χ4v) is 2.71. The van der Waals surface area contributed by atoms with Crippen LogP contribution in [0.1, 0.15) is 26.3 Å². The highest BCUT2D eigenvalue weighted by molar-refractivity contribution is 14.1. The Bertz CT molecular complexity index is 715. The van der Waals surface area contributed by atoms with E-state index in [1.807, 2.05) is 24.3 Å². The molecular weight excluding hydrogens is 377 g/mol. The lowest BCUT2D eigenvalue weighted by Gasteiger charge is -2.15. The van der Waals surface area contributed by atoms with E-state index in [1.54, 1.807) is 24.3 Å². The maximum absolute atomic E-state index is 12.3. The number of amides is 2. The minimum absolute atomic E-state index is 0.215. The Labute approximate surface area is 136 Å². The number of carbonyl (C=O) groups is 2. The van der Waals surface area contributed by atoms with Crippen molar-refractivity contribution >= 4 is 40.0 Å². The molecule has 0 N–H and O–H groups in total. The Balaban J connectivity index is 1.84. The number of halogens is 1. The molecule has 1 aliphatic rings. The van der Waals surface area contributed by atoms with Gasteiger partial charge in [-0.3, -0.25) is 14.5 Å². The van der Waals surface area contributed by atoms with Crippen molar-refractivity contribution in [1.29, 1.82) is 0 Å². The van der Waals surface area contributed by atoms with Gasteiger partial charge in [0.1, 0.15) is 0 Å². The molecule has 0 radical (unpaired) electrons. The molecular formula is C17H12INO2. The van der Waals surface area contributed by atoms with Crippen LogP contribution in [-0.2, 0) is 0 Å². The first-order valence-corrected chi connectivity index (χ1v) is 7.55. The Morgan fingerprint density at radius 2 is 1.48 bits per heavy atom. The van der Waals surface area contributed by atoms with Gasteiger partial charge in [0.25, 0.3) is 11.8 Å². The summed E-state index contributed by atoms with van der Waals surface area (Å²) in [5.41, 5.74) is 2.63. The van der Waals surface area contributed by atoms with Gasteiger partial charge in [-0.15, -0.1) is 0 Å². The lowest BCUT2D eigenvalue weighted by molar-refractivity contribution is 0.0675. The Hall–Kier alpha value is -1.95. The minimum Gasteiger partial charge on any atom is -0.270 e. The van der Waals surface area contributed by atoms with Crippen LogP contribution in [-0.4, -0.2) is 23.3 Å². The van der Waals surface area contributed by atoms with E-state index in [0.29, 0.717) is 11.1 Å². The van der Waals surface area contributed by atoms with Gasteiger partial charge in [-0.25, -0.2) is 0 Å². The van der Waals surface area contributed by atoms with E-state index in [-0.39, 0.29) is 18.4 Å². The van der Waals surface area contributed by atoms with Crippen LogP contribution in [0.4, 0.5) is 0 Å². The first kappa shape index (κ1) is 14.0. The highest BCUT2D eigenvalue weighted by Gasteiger charge is 2.35. The highest BCUT2D eigenvalue weighted by Crippen LogP contribution is 2.25. The van der Waals surface area contributed by atoms with Gasteiger partial charge in [0.2, 0.25) is 0 Å². The first-order valence-electron chi connectivity index (χ1n) is 6.47. The number of fused-ring (bicyclic) bond motifs is 1. The van der Waals surface area contributed by atoms with Gasteiger partial charge in [0.05, 0.1) is 17.7 Å². The van der Waals surface area contributed by atoms with E-state index in [0.717, 1.165) is 14.7 Å². The molecule has 0 spiro atoms. The molecule has 0 aliphatic carbocycles. The summed E-state index contributed by atoms with van der Waals surface area (Å²) in [5.74, 6) is -0.496. The number of imide groups is 1. The quantitative estimate of drug-likeness (QED) is 0.594. The van der Waals surface area contributed by atoms with Gasteiger partial charge in [0, 0.05) is 3.57 Å². The second-order valence-electron chi connectivity index (χ2n) is 4.85. The summed E-state index contributed by atoms with van der Waals surface area (Å²) in [6, 6.07) is 14.7. The van der Waals surface area contributed by atoms with Crippen molar-refractivity contribution in [2.24, 2.45) is 0 Å². The molecule has 4 heteroatoms. The molecule has 0 aromatic heterocycles. The number of benzene rings is 2. The summed E-state index contributed by atoms with van der Waals surface area (Å²) in [7, 11) is 0. The normalized spacial score (nSPS) is 13.5. The zero-order valence-electron chi connectivity index (χ0n) is 11.2. The van der Waals surface area contributed by atoms with Crippen molar-refractivity contribution in [2.75, 3.05) is 6.54 Å². The van der Waals surface area contributed by atoms with Crippen LogP contribution in [0, 0.1) is 3.57 Å². The Kier molecular flexibility index (Phi) is 3.63. The summed E-state index contributed by atoms with van der Waals surface area (Å²) in [6.45, 7) is 4.22. The summed E-state index contributed by atoms with van der Waals surface area (Å²) < 4.78 is 1.13. The molecule has 2 amide bonds. The molecule has 0 saturated heterocycles. The number of carbonyl (C=O) groups excluding carboxylic acids is 2. The standard InChI is InChI=1S/C17H12INO2/c1-11(12-6-8-13(18)9-7-12)10-19-16(20)14-4-2-3-5-15(14)17(19)21/h2-9H,1,10H2. The molecule has 0 fully saturated rings. The SMILES string of the molecule is C=C(CN1C(=O)c2ccccc2C1=O)c1ccc(I)cc1. The van der Waals surface area contributed by atoms with Gasteiger partial charge in [-0.05, 0) is 58.0 Å². The molecule has 0 atom stereocenters. The average molecular weight is 389 g/mol. The number of hydrogen-bond acceptors (Lipinski definition) is 2. The smallest absolute Gasteiger partial charge is 0.261 e. The van der Waals surface area contributed by atoms with Crippen LogP contribution in [0.25, 0.3) is 5.57 Å². The fraction of sp³-hybridized carbons (Fsp3) is 0.0588. The molecule has 3 rings (SSSR count).